The molecule has 0 aromatic carbocycles. The summed E-state index contributed by atoms with van der Waals surface area (Å²) in [6.07, 6.45) is 6.73. The lowest BCUT2D eigenvalue weighted by atomic mass is 9.71. The first kappa shape index (κ1) is 8.69. The number of hydrogen-bond donors (Lipinski definition) is 2. The SMILES string of the molecule is CC1=C[C@H](O)[C@H]2[C@@H]([C@@H]1O)[C@H]1C=C[C@@H]2C1. The molecule has 1 fully saturated rings. The smallest absolute Gasteiger partial charge is 0.0786 e. The van der Waals surface area contributed by atoms with Crippen molar-refractivity contribution < 1.29 is 10.2 Å². The molecule has 76 valence electrons. The van der Waals surface area contributed by atoms with Gasteiger partial charge in [-0.2, -0.15) is 0 Å². The van der Waals surface area contributed by atoms with Crippen molar-refractivity contribution in [3.8, 4) is 0 Å². The number of allylic oxidation sites excluding steroid dienone is 2. The molecule has 14 heavy (non-hydrogen) atoms. The van der Waals surface area contributed by atoms with E-state index in [9.17, 15) is 10.2 Å². The second-order valence-corrected chi connectivity index (χ2v) is 4.95. The van der Waals surface area contributed by atoms with E-state index < -0.39 is 0 Å². The number of hydrogen-bond acceptors (Lipinski definition) is 2. The first-order valence-corrected chi connectivity index (χ1v) is 5.41. The van der Waals surface area contributed by atoms with Crippen LogP contribution in [0, 0.1) is 23.7 Å². The highest BCUT2D eigenvalue weighted by Gasteiger charge is 2.52. The van der Waals surface area contributed by atoms with Gasteiger partial charge in [0.25, 0.3) is 0 Å². The van der Waals surface area contributed by atoms with Crippen molar-refractivity contribution in [2.45, 2.75) is 25.6 Å². The summed E-state index contributed by atoms with van der Waals surface area (Å²) >= 11 is 0. The third kappa shape index (κ3) is 0.931. The summed E-state index contributed by atoms with van der Waals surface area (Å²) in [6.45, 7) is 1.92. The molecule has 3 aliphatic carbocycles. The highest BCUT2D eigenvalue weighted by molar-refractivity contribution is 5.26. The van der Waals surface area contributed by atoms with Gasteiger partial charge in [0.1, 0.15) is 0 Å². The molecule has 2 heteroatoms. The second kappa shape index (κ2) is 2.71. The van der Waals surface area contributed by atoms with Crippen LogP contribution < -0.4 is 0 Å². The van der Waals surface area contributed by atoms with Crippen molar-refractivity contribution in [2.75, 3.05) is 0 Å². The van der Waals surface area contributed by atoms with Crippen molar-refractivity contribution in [3.63, 3.8) is 0 Å². The molecule has 0 amide bonds. The molecule has 3 aliphatic rings. The molecule has 2 nitrogen and oxygen atoms in total. The zero-order valence-electron chi connectivity index (χ0n) is 8.30. The molecule has 1 saturated carbocycles. The summed E-state index contributed by atoms with van der Waals surface area (Å²) in [5.74, 6) is 1.53. The van der Waals surface area contributed by atoms with Crippen molar-refractivity contribution in [2.24, 2.45) is 23.7 Å². The van der Waals surface area contributed by atoms with Gasteiger partial charge in [0.2, 0.25) is 0 Å². The van der Waals surface area contributed by atoms with E-state index in [0.717, 1.165) is 12.0 Å². The summed E-state index contributed by atoms with van der Waals surface area (Å²) < 4.78 is 0. The van der Waals surface area contributed by atoms with Crippen molar-refractivity contribution >= 4 is 0 Å². The van der Waals surface area contributed by atoms with Gasteiger partial charge in [-0.1, -0.05) is 18.2 Å². The van der Waals surface area contributed by atoms with Gasteiger partial charge in [-0.3, -0.25) is 0 Å². The number of aliphatic hydroxyl groups is 2. The van der Waals surface area contributed by atoms with Crippen LogP contribution in [0.1, 0.15) is 13.3 Å². The Morgan fingerprint density at radius 2 is 1.79 bits per heavy atom. The molecule has 0 aliphatic heterocycles. The monoisotopic (exact) mass is 192 g/mol. The Kier molecular flexibility index (Phi) is 1.68. The lowest BCUT2D eigenvalue weighted by Gasteiger charge is -2.38. The predicted molar refractivity (Wildman–Crippen MR) is 53.5 cm³/mol. The summed E-state index contributed by atoms with van der Waals surface area (Å²) in [4.78, 5) is 0. The Bertz CT molecular complexity index is 318. The molecule has 2 bridgehead atoms. The van der Waals surface area contributed by atoms with Gasteiger partial charge in [0.05, 0.1) is 12.2 Å². The Labute approximate surface area is 83.9 Å². The highest BCUT2D eigenvalue weighted by Crippen LogP contribution is 2.53. The lowest BCUT2D eigenvalue weighted by molar-refractivity contribution is 0.0205. The lowest BCUT2D eigenvalue weighted by Crippen LogP contribution is -2.41. The van der Waals surface area contributed by atoms with E-state index in [4.69, 9.17) is 0 Å². The maximum atomic E-state index is 10.1. The molecule has 0 radical (unpaired) electrons. The van der Waals surface area contributed by atoms with Crippen LogP contribution in [0.15, 0.2) is 23.8 Å². The molecule has 3 rings (SSSR count). The Hall–Kier alpha value is -0.600. The van der Waals surface area contributed by atoms with Crippen molar-refractivity contribution in [1.29, 1.82) is 0 Å². The minimum Gasteiger partial charge on any atom is -0.389 e. The van der Waals surface area contributed by atoms with Crippen LogP contribution >= 0.6 is 0 Å². The molecule has 0 heterocycles. The fraction of sp³-hybridized carbons (Fsp3) is 0.667. The van der Waals surface area contributed by atoms with E-state index in [1.165, 1.54) is 0 Å². The summed E-state index contributed by atoms with van der Waals surface area (Å²) in [7, 11) is 0. The first-order chi connectivity index (χ1) is 6.68. The van der Waals surface area contributed by atoms with Gasteiger partial charge >= 0.3 is 0 Å². The summed E-state index contributed by atoms with van der Waals surface area (Å²) in [6, 6.07) is 0. The second-order valence-electron chi connectivity index (χ2n) is 4.95. The molecule has 0 spiro atoms. The van der Waals surface area contributed by atoms with E-state index in [0.29, 0.717) is 11.8 Å². The fourth-order valence-electron chi connectivity index (χ4n) is 3.61. The van der Waals surface area contributed by atoms with Gasteiger partial charge in [0, 0.05) is 11.8 Å². The topological polar surface area (TPSA) is 40.5 Å². The van der Waals surface area contributed by atoms with Crippen LogP contribution in [0.5, 0.6) is 0 Å². The zero-order valence-corrected chi connectivity index (χ0v) is 8.30. The van der Waals surface area contributed by atoms with Crippen molar-refractivity contribution in [3.05, 3.63) is 23.8 Å². The van der Waals surface area contributed by atoms with E-state index in [2.05, 4.69) is 12.2 Å². The molecule has 0 aromatic heterocycles. The van der Waals surface area contributed by atoms with E-state index in [1.54, 1.807) is 0 Å². The molecule has 6 atom stereocenters. The summed E-state index contributed by atoms with van der Waals surface area (Å²) in [5, 5.41) is 20.0. The third-order valence-electron chi connectivity index (χ3n) is 4.24. The van der Waals surface area contributed by atoms with Crippen LogP contribution in [0.4, 0.5) is 0 Å². The number of fused-ring (bicyclic) bond motifs is 5. The molecular formula is C12H16O2. The molecule has 0 unspecified atom stereocenters. The van der Waals surface area contributed by atoms with Crippen LogP contribution in [0.2, 0.25) is 0 Å². The number of aliphatic hydroxyl groups excluding tert-OH is 2. The molecular weight excluding hydrogens is 176 g/mol. The maximum Gasteiger partial charge on any atom is 0.0786 e. The van der Waals surface area contributed by atoms with Gasteiger partial charge in [-0.05, 0) is 30.8 Å². The van der Waals surface area contributed by atoms with Crippen LogP contribution in [-0.4, -0.2) is 22.4 Å². The van der Waals surface area contributed by atoms with Gasteiger partial charge in [0.15, 0.2) is 0 Å². The van der Waals surface area contributed by atoms with E-state index in [1.807, 2.05) is 13.0 Å². The van der Waals surface area contributed by atoms with E-state index >= 15 is 0 Å². The Morgan fingerprint density at radius 3 is 2.50 bits per heavy atom. The number of rotatable bonds is 0. The van der Waals surface area contributed by atoms with Crippen LogP contribution in [-0.2, 0) is 0 Å². The molecule has 0 saturated heterocycles. The largest absolute Gasteiger partial charge is 0.389 e. The fourth-order valence-corrected chi connectivity index (χ4v) is 3.61. The predicted octanol–water partition coefficient (Wildman–Crippen LogP) is 1.11. The standard InChI is InChI=1S/C12H16O2/c1-6-4-9(13)10-7-2-3-8(5-7)11(10)12(6)14/h2-4,7-14H,5H2,1H3/t7-,8+,9+,10+,11+,12-/m1/s1. The average molecular weight is 192 g/mol. The average Bonchev–Trinajstić information content (AvgIpc) is 2.73. The molecule has 0 aromatic rings. The maximum absolute atomic E-state index is 10.1. The van der Waals surface area contributed by atoms with Crippen molar-refractivity contribution in [1.82, 2.24) is 0 Å². The minimum absolute atomic E-state index is 0.267. The Balaban J connectivity index is 2.01. The summed E-state index contributed by atoms with van der Waals surface area (Å²) in [5.41, 5.74) is 0.944. The molecule has 2 N–H and O–H groups in total. The zero-order chi connectivity index (χ0) is 9.87. The van der Waals surface area contributed by atoms with Gasteiger partial charge in [-0.25, -0.2) is 0 Å². The van der Waals surface area contributed by atoms with Crippen LogP contribution in [0.3, 0.4) is 0 Å². The normalized spacial score (nSPS) is 54.6. The minimum atomic E-state index is -0.344. The third-order valence-corrected chi connectivity index (χ3v) is 4.24. The highest BCUT2D eigenvalue weighted by atomic mass is 16.3. The van der Waals surface area contributed by atoms with Gasteiger partial charge in [-0.15, -0.1) is 0 Å². The van der Waals surface area contributed by atoms with Gasteiger partial charge < -0.3 is 10.2 Å². The first-order valence-electron chi connectivity index (χ1n) is 5.41. The Morgan fingerprint density at radius 1 is 1.14 bits per heavy atom. The van der Waals surface area contributed by atoms with E-state index in [-0.39, 0.29) is 24.0 Å². The van der Waals surface area contributed by atoms with Crippen LogP contribution in [0.25, 0.3) is 0 Å². The quantitative estimate of drug-likeness (QED) is 0.564.